The first-order valence-electron chi connectivity index (χ1n) is 9.28. The first kappa shape index (κ1) is 20.2. The van der Waals surface area contributed by atoms with E-state index >= 15 is 0 Å². The van der Waals surface area contributed by atoms with Crippen molar-refractivity contribution in [3.05, 3.63) is 57.4 Å². The minimum atomic E-state index is -0.0222. The van der Waals surface area contributed by atoms with Crippen molar-refractivity contribution in [2.75, 3.05) is 25.1 Å². The summed E-state index contributed by atoms with van der Waals surface area (Å²) in [6, 6.07) is 13.5. The number of para-hydroxylation sites is 1. The monoisotopic (exact) mass is 445 g/mol. The Kier molecular flexibility index (Phi) is 5.81. The van der Waals surface area contributed by atoms with Gasteiger partial charge in [0.1, 0.15) is 21.4 Å². The van der Waals surface area contributed by atoms with Crippen LogP contribution in [0.2, 0.25) is 5.02 Å². The summed E-state index contributed by atoms with van der Waals surface area (Å²) >= 11 is 9.19. The highest BCUT2D eigenvalue weighted by atomic mass is 35.5. The second-order valence-electron chi connectivity index (χ2n) is 6.31. The van der Waals surface area contributed by atoms with Crippen molar-refractivity contribution in [2.24, 2.45) is 4.99 Å². The lowest BCUT2D eigenvalue weighted by atomic mass is 10.3. The van der Waals surface area contributed by atoms with E-state index in [-0.39, 0.29) is 5.91 Å². The SMILES string of the molecule is CCN1C(=O)/C(=C2/Sc3ccccc3N2CC)SC1=Nc1cc(Cl)ccc1OC. The van der Waals surface area contributed by atoms with E-state index in [0.717, 1.165) is 22.2 Å². The molecule has 1 saturated heterocycles. The molecule has 5 nitrogen and oxygen atoms in total. The van der Waals surface area contributed by atoms with Crippen LogP contribution in [0.3, 0.4) is 0 Å². The molecule has 0 aliphatic carbocycles. The molecule has 1 fully saturated rings. The highest BCUT2D eigenvalue weighted by molar-refractivity contribution is 8.19. The van der Waals surface area contributed by atoms with Gasteiger partial charge < -0.3 is 9.64 Å². The highest BCUT2D eigenvalue weighted by Gasteiger charge is 2.39. The Bertz CT molecular complexity index is 1040. The van der Waals surface area contributed by atoms with Gasteiger partial charge in [0.2, 0.25) is 0 Å². The molecule has 2 aromatic rings. The van der Waals surface area contributed by atoms with Crippen molar-refractivity contribution in [3.8, 4) is 5.75 Å². The van der Waals surface area contributed by atoms with Crippen molar-refractivity contribution < 1.29 is 9.53 Å². The molecule has 0 spiro atoms. The number of fused-ring (bicyclic) bond motifs is 1. The maximum absolute atomic E-state index is 13.2. The quantitative estimate of drug-likeness (QED) is 0.562. The topological polar surface area (TPSA) is 45.1 Å². The van der Waals surface area contributed by atoms with Crippen LogP contribution >= 0.6 is 35.1 Å². The van der Waals surface area contributed by atoms with Crippen LogP contribution < -0.4 is 9.64 Å². The summed E-state index contributed by atoms with van der Waals surface area (Å²) < 4.78 is 5.41. The second-order valence-corrected chi connectivity index (χ2v) is 8.75. The number of nitrogens with zero attached hydrogens (tertiary/aromatic N) is 3. The van der Waals surface area contributed by atoms with Crippen molar-refractivity contribution >= 4 is 57.6 Å². The van der Waals surface area contributed by atoms with Crippen molar-refractivity contribution in [2.45, 2.75) is 18.7 Å². The first-order valence-corrected chi connectivity index (χ1v) is 11.3. The van der Waals surface area contributed by atoms with Gasteiger partial charge in [0, 0.05) is 23.0 Å². The predicted octanol–water partition coefficient (Wildman–Crippen LogP) is 5.73. The van der Waals surface area contributed by atoms with Crippen LogP contribution in [0.25, 0.3) is 0 Å². The zero-order valence-electron chi connectivity index (χ0n) is 16.3. The van der Waals surface area contributed by atoms with Crippen LogP contribution in [0.5, 0.6) is 5.75 Å². The van der Waals surface area contributed by atoms with Gasteiger partial charge in [-0.25, -0.2) is 4.99 Å². The third kappa shape index (κ3) is 3.63. The maximum Gasteiger partial charge on any atom is 0.269 e. The van der Waals surface area contributed by atoms with Crippen LogP contribution in [0.1, 0.15) is 13.8 Å². The number of amidine groups is 1. The number of methoxy groups -OCH3 is 1. The van der Waals surface area contributed by atoms with Crippen LogP contribution in [-0.4, -0.2) is 36.2 Å². The van der Waals surface area contributed by atoms with Gasteiger partial charge in [0.15, 0.2) is 5.17 Å². The molecule has 0 unspecified atom stereocenters. The Morgan fingerprint density at radius 1 is 1.07 bits per heavy atom. The molecule has 2 heterocycles. The first-order chi connectivity index (χ1) is 14.1. The van der Waals surface area contributed by atoms with Gasteiger partial charge >= 0.3 is 0 Å². The van der Waals surface area contributed by atoms with E-state index in [2.05, 4.69) is 24.0 Å². The van der Waals surface area contributed by atoms with Gasteiger partial charge in [0.05, 0.1) is 12.8 Å². The lowest BCUT2D eigenvalue weighted by Gasteiger charge is -2.19. The van der Waals surface area contributed by atoms with Gasteiger partial charge in [-0.1, -0.05) is 35.5 Å². The highest BCUT2D eigenvalue weighted by Crippen LogP contribution is 2.50. The summed E-state index contributed by atoms with van der Waals surface area (Å²) in [7, 11) is 1.59. The van der Waals surface area contributed by atoms with Crippen LogP contribution in [0.4, 0.5) is 11.4 Å². The maximum atomic E-state index is 13.2. The molecule has 1 amide bonds. The van der Waals surface area contributed by atoms with Gasteiger partial charge in [-0.3, -0.25) is 9.69 Å². The van der Waals surface area contributed by atoms with E-state index < -0.39 is 0 Å². The van der Waals surface area contributed by atoms with E-state index in [9.17, 15) is 4.79 Å². The molecular formula is C21H20ClN3O2S2. The number of halogens is 1. The fourth-order valence-electron chi connectivity index (χ4n) is 3.27. The zero-order valence-corrected chi connectivity index (χ0v) is 18.7. The molecule has 0 atom stereocenters. The third-order valence-electron chi connectivity index (χ3n) is 4.66. The smallest absolute Gasteiger partial charge is 0.269 e. The number of carbonyl (C=O) groups is 1. The van der Waals surface area contributed by atoms with Crippen molar-refractivity contribution in [1.82, 2.24) is 4.90 Å². The summed E-state index contributed by atoms with van der Waals surface area (Å²) in [5.74, 6) is 0.593. The molecule has 0 aromatic heterocycles. The van der Waals surface area contributed by atoms with Gasteiger partial charge in [0.25, 0.3) is 5.91 Å². The minimum Gasteiger partial charge on any atom is -0.494 e. The number of aliphatic imine (C=N–C) groups is 1. The number of thioether (sulfide) groups is 2. The van der Waals surface area contributed by atoms with Crippen molar-refractivity contribution in [3.63, 3.8) is 0 Å². The van der Waals surface area contributed by atoms with Crippen LogP contribution in [0, 0.1) is 0 Å². The van der Waals surface area contributed by atoms with E-state index in [1.165, 1.54) is 11.8 Å². The Balaban J connectivity index is 1.77. The van der Waals surface area contributed by atoms with E-state index in [4.69, 9.17) is 21.3 Å². The molecule has 0 N–H and O–H groups in total. The van der Waals surface area contributed by atoms with Gasteiger partial charge in [-0.2, -0.15) is 0 Å². The summed E-state index contributed by atoms with van der Waals surface area (Å²) in [5.41, 5.74) is 1.75. The third-order valence-corrected chi connectivity index (χ3v) is 7.27. The standard InChI is InChI=1S/C21H20ClN3O2S2/c1-4-24-15-8-6-7-9-17(15)28-20(24)18-19(26)25(5-2)21(29-18)23-14-12-13(22)10-11-16(14)27-3/h6-12H,4-5H2,1-3H3/b20-18-,23-21?. The number of likely N-dealkylation sites (N-methyl/N-ethyl adjacent to an activating group) is 1. The Hall–Kier alpha value is -2.09. The number of carbonyl (C=O) groups excluding carboxylic acids is 1. The number of hydrogen-bond acceptors (Lipinski definition) is 6. The molecule has 0 bridgehead atoms. The molecule has 2 aromatic carbocycles. The molecule has 0 saturated carbocycles. The molecular weight excluding hydrogens is 426 g/mol. The van der Waals surface area contributed by atoms with Crippen molar-refractivity contribution in [1.29, 1.82) is 0 Å². The zero-order chi connectivity index (χ0) is 20.5. The van der Waals surface area contributed by atoms with E-state index in [1.54, 1.807) is 42.0 Å². The number of anilines is 1. The van der Waals surface area contributed by atoms with Gasteiger partial charge in [-0.15, -0.1) is 0 Å². The lowest BCUT2D eigenvalue weighted by Crippen LogP contribution is -2.29. The molecule has 2 aliphatic rings. The van der Waals surface area contributed by atoms with E-state index in [0.29, 0.717) is 33.1 Å². The number of rotatable bonds is 4. The van der Waals surface area contributed by atoms with Crippen LogP contribution in [-0.2, 0) is 4.79 Å². The summed E-state index contributed by atoms with van der Waals surface area (Å²) in [6.45, 7) is 5.37. The van der Waals surface area contributed by atoms with Gasteiger partial charge in [-0.05, 0) is 55.9 Å². The second kappa shape index (κ2) is 8.34. The molecule has 29 heavy (non-hydrogen) atoms. The molecule has 8 heteroatoms. The normalized spacial score (nSPS) is 20.0. The number of ether oxygens (including phenoxy) is 1. The van der Waals surface area contributed by atoms with Crippen LogP contribution in [0.15, 0.2) is 62.3 Å². The summed E-state index contributed by atoms with van der Waals surface area (Å²) in [5, 5.41) is 2.17. The Morgan fingerprint density at radius 3 is 2.55 bits per heavy atom. The molecule has 150 valence electrons. The number of hydrogen-bond donors (Lipinski definition) is 0. The fourth-order valence-corrected chi connectivity index (χ4v) is 5.88. The number of benzene rings is 2. The average molecular weight is 446 g/mol. The average Bonchev–Trinajstić information content (AvgIpc) is 3.24. The Labute approximate surface area is 183 Å². The Morgan fingerprint density at radius 2 is 1.83 bits per heavy atom. The molecule has 2 aliphatic heterocycles. The number of amides is 1. The summed E-state index contributed by atoms with van der Waals surface area (Å²) in [6.07, 6.45) is 0. The predicted molar refractivity (Wildman–Crippen MR) is 122 cm³/mol. The molecule has 0 radical (unpaired) electrons. The van der Waals surface area contributed by atoms with E-state index in [1.807, 2.05) is 19.1 Å². The fraction of sp³-hybridized carbons (Fsp3) is 0.238. The lowest BCUT2D eigenvalue weighted by molar-refractivity contribution is -0.122. The minimum absolute atomic E-state index is 0.0222. The largest absolute Gasteiger partial charge is 0.494 e. The molecule has 4 rings (SSSR count). The summed E-state index contributed by atoms with van der Waals surface area (Å²) in [4.78, 5) is 23.7.